The number of aliphatic carboxylic acids is 1. The number of carboxylic acids is 1. The van der Waals surface area contributed by atoms with Crippen molar-refractivity contribution >= 4 is 5.97 Å². The van der Waals surface area contributed by atoms with Crippen LogP contribution in [-0.4, -0.2) is 30.4 Å². The van der Waals surface area contributed by atoms with E-state index in [4.69, 9.17) is 5.11 Å². The molecule has 0 aromatic rings. The highest BCUT2D eigenvalue weighted by Gasteiger charge is 2.27. The monoisotopic (exact) mass is 201 g/mol. The standard InChI is InChI=1S/C6H10F3NO3/c1-4(5(11)12)2-10-13-3-6(7,8)9/h4,10H,2-3H2,1H3,(H,11,12). The molecule has 1 atom stereocenters. The summed E-state index contributed by atoms with van der Waals surface area (Å²) in [6.45, 7) is -0.239. The molecule has 0 saturated carbocycles. The molecular formula is C6H10F3NO3. The van der Waals surface area contributed by atoms with Crippen LogP contribution in [0.1, 0.15) is 6.92 Å². The number of rotatable bonds is 5. The van der Waals surface area contributed by atoms with Crippen molar-refractivity contribution in [2.24, 2.45) is 5.92 Å². The molecule has 78 valence electrons. The zero-order valence-corrected chi connectivity index (χ0v) is 6.89. The summed E-state index contributed by atoms with van der Waals surface area (Å²) in [6.07, 6.45) is -4.40. The van der Waals surface area contributed by atoms with Crippen molar-refractivity contribution in [1.82, 2.24) is 5.48 Å². The quantitative estimate of drug-likeness (QED) is 0.510. The Balaban J connectivity index is 3.41. The first kappa shape index (κ1) is 12.2. The van der Waals surface area contributed by atoms with Crippen LogP contribution in [0.3, 0.4) is 0 Å². The van der Waals surface area contributed by atoms with Crippen molar-refractivity contribution in [2.75, 3.05) is 13.2 Å². The summed E-state index contributed by atoms with van der Waals surface area (Å²) < 4.78 is 34.4. The average Bonchev–Trinajstić information content (AvgIpc) is 1.95. The second kappa shape index (κ2) is 5.03. The molecule has 2 N–H and O–H groups in total. The van der Waals surface area contributed by atoms with Crippen molar-refractivity contribution in [3.63, 3.8) is 0 Å². The molecule has 0 heterocycles. The minimum atomic E-state index is -4.40. The number of carboxylic acid groups (broad SMARTS) is 1. The van der Waals surface area contributed by atoms with Crippen molar-refractivity contribution in [1.29, 1.82) is 0 Å². The lowest BCUT2D eigenvalue weighted by molar-refractivity contribution is -0.190. The van der Waals surface area contributed by atoms with Gasteiger partial charge in [0.15, 0.2) is 6.61 Å². The maximum atomic E-state index is 11.5. The number of carbonyl (C=O) groups is 1. The van der Waals surface area contributed by atoms with Gasteiger partial charge < -0.3 is 5.11 Å². The Morgan fingerprint density at radius 3 is 2.54 bits per heavy atom. The van der Waals surface area contributed by atoms with E-state index in [-0.39, 0.29) is 6.54 Å². The number of alkyl halides is 3. The number of halogens is 3. The van der Waals surface area contributed by atoms with Crippen LogP contribution in [0, 0.1) is 5.92 Å². The third-order valence-electron chi connectivity index (χ3n) is 1.15. The third-order valence-corrected chi connectivity index (χ3v) is 1.15. The van der Waals surface area contributed by atoms with Gasteiger partial charge in [0.2, 0.25) is 0 Å². The molecule has 1 unspecified atom stereocenters. The van der Waals surface area contributed by atoms with E-state index in [0.717, 1.165) is 0 Å². The molecule has 13 heavy (non-hydrogen) atoms. The SMILES string of the molecule is CC(CNOCC(F)(F)F)C(=O)O. The molecule has 7 heteroatoms. The van der Waals surface area contributed by atoms with Crippen LogP contribution in [0.5, 0.6) is 0 Å². The lowest BCUT2D eigenvalue weighted by atomic mass is 10.2. The Kier molecular flexibility index (Phi) is 4.71. The fourth-order valence-corrected chi connectivity index (χ4v) is 0.404. The maximum absolute atomic E-state index is 11.5. The van der Waals surface area contributed by atoms with Gasteiger partial charge in [-0.1, -0.05) is 6.92 Å². The summed E-state index contributed by atoms with van der Waals surface area (Å²) in [6, 6.07) is 0. The molecule has 0 saturated heterocycles. The first-order valence-corrected chi connectivity index (χ1v) is 3.47. The van der Waals surface area contributed by atoms with Crippen LogP contribution >= 0.6 is 0 Å². The highest BCUT2D eigenvalue weighted by atomic mass is 19.4. The minimum Gasteiger partial charge on any atom is -0.481 e. The highest BCUT2D eigenvalue weighted by Crippen LogP contribution is 2.13. The number of hydrogen-bond acceptors (Lipinski definition) is 3. The van der Waals surface area contributed by atoms with E-state index in [2.05, 4.69) is 4.84 Å². The molecule has 0 aromatic carbocycles. The van der Waals surface area contributed by atoms with E-state index < -0.39 is 24.7 Å². The molecule has 0 rings (SSSR count). The smallest absolute Gasteiger partial charge is 0.413 e. The molecule has 0 aliphatic carbocycles. The fourth-order valence-electron chi connectivity index (χ4n) is 0.404. The Morgan fingerprint density at radius 2 is 2.15 bits per heavy atom. The Hall–Kier alpha value is -0.820. The van der Waals surface area contributed by atoms with Gasteiger partial charge in [0, 0.05) is 6.54 Å². The van der Waals surface area contributed by atoms with E-state index in [9.17, 15) is 18.0 Å². The van der Waals surface area contributed by atoms with Gasteiger partial charge in [0.25, 0.3) is 0 Å². The molecule has 4 nitrogen and oxygen atoms in total. The molecule has 0 aliphatic heterocycles. The first-order chi connectivity index (χ1) is 5.83. The summed E-state index contributed by atoms with van der Waals surface area (Å²) in [7, 11) is 0. The van der Waals surface area contributed by atoms with E-state index in [1.54, 1.807) is 0 Å². The Bertz CT molecular complexity index is 171. The zero-order chi connectivity index (χ0) is 10.5. The van der Waals surface area contributed by atoms with E-state index in [1.165, 1.54) is 6.92 Å². The summed E-state index contributed by atoms with van der Waals surface area (Å²) in [5, 5.41) is 8.32. The molecule has 0 amide bonds. The van der Waals surface area contributed by atoms with Gasteiger partial charge in [-0.3, -0.25) is 9.63 Å². The summed E-state index contributed by atoms with van der Waals surface area (Å²) in [5.41, 5.74) is 1.92. The average molecular weight is 201 g/mol. The lowest BCUT2D eigenvalue weighted by Gasteiger charge is -2.10. The van der Waals surface area contributed by atoms with Gasteiger partial charge in [-0.15, -0.1) is 0 Å². The largest absolute Gasteiger partial charge is 0.481 e. The molecule has 0 spiro atoms. The number of hydroxylamine groups is 1. The zero-order valence-electron chi connectivity index (χ0n) is 6.89. The normalized spacial score (nSPS) is 14.2. The van der Waals surface area contributed by atoms with Crippen LogP contribution < -0.4 is 5.48 Å². The van der Waals surface area contributed by atoms with Gasteiger partial charge >= 0.3 is 12.1 Å². The van der Waals surface area contributed by atoms with Crippen LogP contribution in [0.4, 0.5) is 13.2 Å². The minimum absolute atomic E-state index is 0.161. The van der Waals surface area contributed by atoms with Gasteiger partial charge in [-0.2, -0.15) is 13.2 Å². The highest BCUT2D eigenvalue weighted by molar-refractivity contribution is 5.69. The third kappa shape index (κ3) is 7.54. The predicted molar refractivity (Wildman–Crippen MR) is 36.8 cm³/mol. The van der Waals surface area contributed by atoms with Gasteiger partial charge in [0.05, 0.1) is 5.92 Å². The Morgan fingerprint density at radius 1 is 1.62 bits per heavy atom. The maximum Gasteiger partial charge on any atom is 0.413 e. The van der Waals surface area contributed by atoms with E-state index in [1.807, 2.05) is 5.48 Å². The molecule has 0 radical (unpaired) electrons. The van der Waals surface area contributed by atoms with Gasteiger partial charge in [-0.05, 0) is 0 Å². The number of nitrogens with one attached hydrogen (secondary N) is 1. The Labute approximate surface area is 72.6 Å². The van der Waals surface area contributed by atoms with Crippen molar-refractivity contribution < 1.29 is 27.9 Å². The fraction of sp³-hybridized carbons (Fsp3) is 0.833. The molecular weight excluding hydrogens is 191 g/mol. The van der Waals surface area contributed by atoms with Crippen molar-refractivity contribution in [3.05, 3.63) is 0 Å². The van der Waals surface area contributed by atoms with Gasteiger partial charge in [-0.25, -0.2) is 5.48 Å². The van der Waals surface area contributed by atoms with E-state index in [0.29, 0.717) is 0 Å². The van der Waals surface area contributed by atoms with Crippen LogP contribution in [0.2, 0.25) is 0 Å². The van der Waals surface area contributed by atoms with E-state index >= 15 is 0 Å². The molecule has 0 aliphatic rings. The second-order valence-electron chi connectivity index (χ2n) is 2.49. The molecule has 0 bridgehead atoms. The number of hydrogen-bond donors (Lipinski definition) is 2. The first-order valence-electron chi connectivity index (χ1n) is 3.47. The van der Waals surface area contributed by atoms with Crippen LogP contribution in [-0.2, 0) is 9.63 Å². The van der Waals surface area contributed by atoms with Crippen molar-refractivity contribution in [2.45, 2.75) is 13.1 Å². The summed E-state index contributed by atoms with van der Waals surface area (Å²) in [4.78, 5) is 14.2. The molecule has 0 fully saturated rings. The van der Waals surface area contributed by atoms with Crippen LogP contribution in [0.15, 0.2) is 0 Å². The van der Waals surface area contributed by atoms with Gasteiger partial charge in [0.1, 0.15) is 0 Å². The summed E-state index contributed by atoms with van der Waals surface area (Å²) in [5.74, 6) is -1.88. The topological polar surface area (TPSA) is 58.6 Å². The predicted octanol–water partition coefficient (Wildman–Crippen LogP) is 0.791. The summed E-state index contributed by atoms with van der Waals surface area (Å²) >= 11 is 0. The van der Waals surface area contributed by atoms with Crippen LogP contribution in [0.25, 0.3) is 0 Å². The van der Waals surface area contributed by atoms with Crippen molar-refractivity contribution in [3.8, 4) is 0 Å². The lowest BCUT2D eigenvalue weighted by Crippen LogP contribution is -2.30. The molecule has 0 aromatic heterocycles. The second-order valence-corrected chi connectivity index (χ2v) is 2.49.